The third-order valence-corrected chi connectivity index (χ3v) is 10.2. The first-order valence-electron chi connectivity index (χ1n) is 24.8. The molecule has 4 aliphatic carbocycles. The third kappa shape index (κ3) is 19.9. The zero-order valence-corrected chi connectivity index (χ0v) is 44.3. The lowest BCUT2D eigenvalue weighted by Gasteiger charge is -2.03. The molecule has 0 aromatic heterocycles. The average molecular weight is 845 g/mol. The first-order chi connectivity index (χ1) is 30.2. The highest BCUT2D eigenvalue weighted by atomic mass is 16.2. The fourth-order valence-electron chi connectivity index (χ4n) is 7.53. The van der Waals surface area contributed by atoms with Crippen molar-refractivity contribution in [3.63, 3.8) is 0 Å². The maximum absolute atomic E-state index is 7.00. The number of benzene rings is 4. The van der Waals surface area contributed by atoms with Crippen molar-refractivity contribution in [3.05, 3.63) is 164 Å². The first-order valence-corrected chi connectivity index (χ1v) is 24.8. The predicted octanol–water partition coefficient (Wildman–Crippen LogP) is 19.1. The summed E-state index contributed by atoms with van der Waals surface area (Å²) in [5, 5.41) is 7.00. The third-order valence-electron chi connectivity index (χ3n) is 10.2. The minimum Gasteiger partial charge on any atom is -0.400 e. The Morgan fingerprint density at radius 1 is 0.306 bits per heavy atom. The Bertz CT molecular complexity index is 1610. The van der Waals surface area contributed by atoms with Gasteiger partial charge in [-0.05, 0) is 146 Å². The van der Waals surface area contributed by atoms with Crippen LogP contribution in [0.1, 0.15) is 203 Å². The van der Waals surface area contributed by atoms with Crippen LogP contribution in [0.15, 0.2) is 97.1 Å². The molecule has 0 heterocycles. The predicted molar refractivity (Wildman–Crippen MR) is 289 cm³/mol. The molecule has 0 atom stereocenters. The molecule has 0 unspecified atom stereocenters. The van der Waals surface area contributed by atoms with E-state index in [1.165, 1.54) is 89.1 Å². The summed E-state index contributed by atoms with van der Waals surface area (Å²) in [7, 11) is 1.00. The Labute approximate surface area is 386 Å². The minimum atomic E-state index is 1.00. The molecule has 1 N–H and O–H groups in total. The van der Waals surface area contributed by atoms with Crippen LogP contribution < -0.4 is 0 Å². The van der Waals surface area contributed by atoms with E-state index in [-0.39, 0.29) is 0 Å². The fourth-order valence-corrected chi connectivity index (χ4v) is 7.53. The van der Waals surface area contributed by atoms with Crippen LogP contribution in [0.5, 0.6) is 0 Å². The van der Waals surface area contributed by atoms with Crippen molar-refractivity contribution in [2.24, 2.45) is 0 Å². The number of aliphatic hydroxyl groups excluding tert-OH is 1. The summed E-state index contributed by atoms with van der Waals surface area (Å²) >= 11 is 0. The van der Waals surface area contributed by atoms with Crippen molar-refractivity contribution in [1.82, 2.24) is 0 Å². The second kappa shape index (κ2) is 38.5. The van der Waals surface area contributed by atoms with Crippen molar-refractivity contribution in [1.29, 1.82) is 0 Å². The second-order valence-electron chi connectivity index (χ2n) is 13.8. The van der Waals surface area contributed by atoms with E-state index in [0.29, 0.717) is 0 Å². The molecule has 62 heavy (non-hydrogen) atoms. The molecule has 8 rings (SSSR count). The van der Waals surface area contributed by atoms with Crippen molar-refractivity contribution in [3.8, 4) is 0 Å². The Morgan fingerprint density at radius 3 is 0.613 bits per heavy atom. The Kier molecular flexibility index (Phi) is 38.5. The largest absolute Gasteiger partial charge is 0.400 e. The molecule has 4 aliphatic rings. The average Bonchev–Trinajstić information content (AvgIpc) is 4.15. The van der Waals surface area contributed by atoms with Crippen LogP contribution >= 0.6 is 0 Å². The number of rotatable bonds is 4. The van der Waals surface area contributed by atoms with Crippen LogP contribution in [0.2, 0.25) is 0 Å². The van der Waals surface area contributed by atoms with E-state index in [1.54, 1.807) is 0 Å². The maximum atomic E-state index is 7.00. The van der Waals surface area contributed by atoms with Gasteiger partial charge in [-0.2, -0.15) is 0 Å². The summed E-state index contributed by atoms with van der Waals surface area (Å²) < 4.78 is 0. The summed E-state index contributed by atoms with van der Waals surface area (Å²) in [6.07, 6.45) is 18.6. The van der Waals surface area contributed by atoms with E-state index in [9.17, 15) is 0 Å². The first kappa shape index (κ1) is 62.1. The number of allylic oxidation sites excluding steroid dienone is 8. The van der Waals surface area contributed by atoms with E-state index < -0.39 is 0 Å². The lowest BCUT2D eigenvalue weighted by atomic mass is 10.0. The van der Waals surface area contributed by atoms with E-state index >= 15 is 0 Å². The van der Waals surface area contributed by atoms with Gasteiger partial charge < -0.3 is 5.11 Å². The Morgan fingerprint density at radius 2 is 0.468 bits per heavy atom. The lowest BCUT2D eigenvalue weighted by molar-refractivity contribution is 0.399. The number of hydrogen-bond donors (Lipinski definition) is 1. The summed E-state index contributed by atoms with van der Waals surface area (Å²) in [5.74, 6) is 0. The van der Waals surface area contributed by atoms with Crippen molar-refractivity contribution < 1.29 is 5.11 Å². The SMILES string of the molecule is CC.CC.CC.CC.CC.CC.CCC1=CCc2cc(C)ccc21.CCC1=CCc2cc(C)ccc21.CCC1=CCc2cc(C)ccc21.CCC1=CCc2cc(C)ccc21.CO. The second-order valence-corrected chi connectivity index (χ2v) is 13.8. The molecule has 0 aliphatic heterocycles. The highest BCUT2D eigenvalue weighted by Gasteiger charge is 2.14. The normalized spacial score (nSPS) is 11.8. The van der Waals surface area contributed by atoms with Gasteiger partial charge in [0.1, 0.15) is 0 Å². The highest BCUT2D eigenvalue weighted by Crippen LogP contribution is 2.32. The van der Waals surface area contributed by atoms with Gasteiger partial charge in [-0.25, -0.2) is 0 Å². The number of aryl methyl sites for hydroxylation is 4. The Balaban J connectivity index is -0.000000682. The van der Waals surface area contributed by atoms with Crippen molar-refractivity contribution >= 4 is 22.3 Å². The van der Waals surface area contributed by atoms with Gasteiger partial charge in [-0.1, -0.05) is 230 Å². The van der Waals surface area contributed by atoms with Crippen molar-refractivity contribution in [2.45, 2.75) is 190 Å². The van der Waals surface area contributed by atoms with E-state index in [2.05, 4.69) is 152 Å². The fraction of sp³-hybridized carbons (Fsp3) is 0.475. The molecular weight excluding hydrogens is 749 g/mol. The number of aliphatic hydroxyl groups is 1. The minimum absolute atomic E-state index is 1.00. The van der Waals surface area contributed by atoms with Crippen LogP contribution in [0.4, 0.5) is 0 Å². The number of hydrogen-bond acceptors (Lipinski definition) is 1. The smallest absolute Gasteiger partial charge is 0.0319 e. The summed E-state index contributed by atoms with van der Waals surface area (Å²) in [6, 6.07) is 27.0. The van der Waals surface area contributed by atoms with Gasteiger partial charge in [0.05, 0.1) is 0 Å². The van der Waals surface area contributed by atoms with Gasteiger partial charge in [0.25, 0.3) is 0 Å². The zero-order valence-electron chi connectivity index (χ0n) is 44.3. The topological polar surface area (TPSA) is 20.2 Å². The van der Waals surface area contributed by atoms with Crippen molar-refractivity contribution in [2.75, 3.05) is 7.11 Å². The molecule has 0 radical (unpaired) electrons. The summed E-state index contributed by atoms with van der Waals surface area (Å²) in [5.41, 5.74) is 23.5. The molecule has 1 heteroatoms. The van der Waals surface area contributed by atoms with Gasteiger partial charge in [0.2, 0.25) is 0 Å². The van der Waals surface area contributed by atoms with E-state index in [4.69, 9.17) is 5.11 Å². The van der Waals surface area contributed by atoms with Gasteiger partial charge in [0, 0.05) is 7.11 Å². The Hall–Kier alpha value is -4.20. The molecule has 0 fully saturated rings. The maximum Gasteiger partial charge on any atom is 0.0319 e. The van der Waals surface area contributed by atoms with Crippen LogP contribution in [-0.4, -0.2) is 12.2 Å². The zero-order chi connectivity index (χ0) is 48.2. The quantitative estimate of drug-likeness (QED) is 0.217. The molecule has 4 aromatic rings. The van der Waals surface area contributed by atoms with Gasteiger partial charge in [-0.15, -0.1) is 0 Å². The molecule has 1 nitrogen and oxygen atoms in total. The number of fused-ring (bicyclic) bond motifs is 4. The molecule has 0 spiro atoms. The molecule has 0 saturated carbocycles. The van der Waals surface area contributed by atoms with Crippen LogP contribution in [0.25, 0.3) is 22.3 Å². The summed E-state index contributed by atoms with van der Waals surface area (Å²) in [6.45, 7) is 41.5. The molecular formula is C61H96O. The molecule has 4 aromatic carbocycles. The molecule has 0 bridgehead atoms. The van der Waals surface area contributed by atoms with Crippen LogP contribution in [-0.2, 0) is 25.7 Å². The van der Waals surface area contributed by atoms with Gasteiger partial charge in [-0.3, -0.25) is 0 Å². The monoisotopic (exact) mass is 845 g/mol. The van der Waals surface area contributed by atoms with Crippen LogP contribution in [0, 0.1) is 27.7 Å². The van der Waals surface area contributed by atoms with E-state index in [1.807, 2.05) is 83.1 Å². The standard InChI is InChI=1S/4C12H14.6C2H6.CH4O/c4*1-3-10-5-6-11-8-9(2)4-7-12(10)11;7*1-2/h4*4-5,7-8H,3,6H2,1-2H3;6*1-2H3;2H,1H3. The van der Waals surface area contributed by atoms with Gasteiger partial charge in [0.15, 0.2) is 0 Å². The molecule has 0 amide bonds. The molecule has 346 valence electrons. The van der Waals surface area contributed by atoms with Crippen LogP contribution in [0.3, 0.4) is 0 Å². The lowest BCUT2D eigenvalue weighted by Crippen LogP contribution is -1.84. The van der Waals surface area contributed by atoms with Gasteiger partial charge >= 0.3 is 0 Å². The van der Waals surface area contributed by atoms with E-state index in [0.717, 1.165) is 58.5 Å². The summed E-state index contributed by atoms with van der Waals surface area (Å²) in [4.78, 5) is 0. The molecule has 0 saturated heterocycles. The highest BCUT2D eigenvalue weighted by molar-refractivity contribution is 5.75.